The number of aliphatic carboxylic acids is 1. The lowest BCUT2D eigenvalue weighted by Gasteiger charge is -2.20. The van der Waals surface area contributed by atoms with Crippen molar-refractivity contribution in [2.75, 3.05) is 18.6 Å². The smallest absolute Gasteiger partial charge is 0.407 e. The molecule has 0 aliphatic heterocycles. The van der Waals surface area contributed by atoms with E-state index in [0.29, 0.717) is 5.75 Å². The van der Waals surface area contributed by atoms with E-state index in [1.807, 2.05) is 54.8 Å². The first-order valence-electron chi connectivity index (χ1n) is 11.0. The predicted molar refractivity (Wildman–Crippen MR) is 133 cm³/mol. The first-order chi connectivity index (χ1) is 16.5. The van der Waals surface area contributed by atoms with Gasteiger partial charge in [-0.3, -0.25) is 4.79 Å². The second-order valence-corrected chi connectivity index (χ2v) is 8.82. The molecular formula is C26H28N2O5S. The van der Waals surface area contributed by atoms with E-state index in [9.17, 15) is 19.5 Å². The van der Waals surface area contributed by atoms with Crippen molar-refractivity contribution in [3.63, 3.8) is 0 Å². The SMILES string of the molecule is CC#CCC(NC(=O)OCC1c2ccccc2-c2ccccc21)C(=O)NC(CCSC)C(=O)O. The van der Waals surface area contributed by atoms with Gasteiger partial charge in [0.05, 0.1) is 0 Å². The number of benzene rings is 2. The Morgan fingerprint density at radius 2 is 1.65 bits per heavy atom. The zero-order valence-corrected chi connectivity index (χ0v) is 20.0. The number of nitrogens with one attached hydrogen (secondary N) is 2. The lowest BCUT2D eigenvalue weighted by atomic mass is 9.98. The molecule has 0 saturated heterocycles. The van der Waals surface area contributed by atoms with Crippen LogP contribution in [0.2, 0.25) is 0 Å². The molecule has 1 aliphatic rings. The molecule has 2 aromatic carbocycles. The molecule has 0 heterocycles. The fraction of sp³-hybridized carbons (Fsp3) is 0.346. The van der Waals surface area contributed by atoms with Gasteiger partial charge in [-0.1, -0.05) is 48.5 Å². The van der Waals surface area contributed by atoms with Gasteiger partial charge in [0.2, 0.25) is 5.91 Å². The van der Waals surface area contributed by atoms with Crippen molar-refractivity contribution in [1.82, 2.24) is 10.6 Å². The van der Waals surface area contributed by atoms with Crippen molar-refractivity contribution in [2.24, 2.45) is 0 Å². The average Bonchev–Trinajstić information content (AvgIpc) is 3.16. The Balaban J connectivity index is 1.65. The second kappa shape index (κ2) is 12.1. The van der Waals surface area contributed by atoms with Crippen LogP contribution in [0.4, 0.5) is 4.79 Å². The fourth-order valence-electron chi connectivity index (χ4n) is 3.96. The summed E-state index contributed by atoms with van der Waals surface area (Å²) in [5.41, 5.74) is 4.40. The van der Waals surface area contributed by atoms with Gasteiger partial charge in [-0.2, -0.15) is 11.8 Å². The number of rotatable bonds is 10. The fourth-order valence-corrected chi connectivity index (χ4v) is 4.43. The van der Waals surface area contributed by atoms with Gasteiger partial charge in [-0.05, 0) is 47.6 Å². The van der Waals surface area contributed by atoms with E-state index in [0.717, 1.165) is 22.3 Å². The van der Waals surface area contributed by atoms with Crippen LogP contribution in [0.25, 0.3) is 11.1 Å². The van der Waals surface area contributed by atoms with Crippen LogP contribution in [0.1, 0.15) is 36.8 Å². The molecule has 8 heteroatoms. The highest BCUT2D eigenvalue weighted by molar-refractivity contribution is 7.98. The summed E-state index contributed by atoms with van der Waals surface area (Å²) in [7, 11) is 0. The second-order valence-electron chi connectivity index (χ2n) is 7.83. The van der Waals surface area contributed by atoms with Crippen LogP contribution in [0.15, 0.2) is 48.5 Å². The van der Waals surface area contributed by atoms with Crippen molar-refractivity contribution in [2.45, 2.75) is 37.8 Å². The Morgan fingerprint density at radius 1 is 1.03 bits per heavy atom. The number of hydrogen-bond donors (Lipinski definition) is 3. The van der Waals surface area contributed by atoms with Crippen LogP contribution in [0.5, 0.6) is 0 Å². The Labute approximate surface area is 203 Å². The highest BCUT2D eigenvalue weighted by atomic mass is 32.2. The number of carboxylic acids is 1. The normalized spacial score (nSPS) is 13.5. The summed E-state index contributed by atoms with van der Waals surface area (Å²) in [5, 5.41) is 14.4. The zero-order valence-electron chi connectivity index (χ0n) is 19.2. The molecule has 0 aromatic heterocycles. The number of carbonyl (C=O) groups excluding carboxylic acids is 2. The minimum atomic E-state index is -1.12. The van der Waals surface area contributed by atoms with E-state index in [4.69, 9.17) is 4.74 Å². The molecule has 2 amide bonds. The van der Waals surface area contributed by atoms with Gasteiger partial charge in [0.1, 0.15) is 18.7 Å². The van der Waals surface area contributed by atoms with Gasteiger partial charge in [0.25, 0.3) is 0 Å². The van der Waals surface area contributed by atoms with E-state index in [1.54, 1.807) is 6.92 Å². The largest absolute Gasteiger partial charge is 0.480 e. The summed E-state index contributed by atoms with van der Waals surface area (Å²) < 4.78 is 5.52. The van der Waals surface area contributed by atoms with Gasteiger partial charge in [0.15, 0.2) is 0 Å². The molecule has 3 rings (SSSR count). The molecule has 0 bridgehead atoms. The van der Waals surface area contributed by atoms with Crippen molar-refractivity contribution in [3.8, 4) is 23.0 Å². The van der Waals surface area contributed by atoms with Crippen molar-refractivity contribution < 1.29 is 24.2 Å². The quantitative estimate of drug-likeness (QED) is 0.449. The summed E-state index contributed by atoms with van der Waals surface area (Å²) in [5.74, 6) is 4.21. The van der Waals surface area contributed by atoms with Gasteiger partial charge in [-0.15, -0.1) is 11.8 Å². The Morgan fingerprint density at radius 3 is 2.21 bits per heavy atom. The molecule has 0 fully saturated rings. The molecule has 2 aromatic rings. The molecule has 1 aliphatic carbocycles. The summed E-state index contributed by atoms with van der Waals surface area (Å²) in [6.45, 7) is 1.74. The van der Waals surface area contributed by atoms with E-state index < -0.39 is 30.1 Å². The Bertz CT molecular complexity index is 1060. The van der Waals surface area contributed by atoms with Gasteiger partial charge >= 0.3 is 12.1 Å². The minimum absolute atomic E-state index is 0.0431. The van der Waals surface area contributed by atoms with E-state index in [-0.39, 0.29) is 25.4 Å². The monoisotopic (exact) mass is 480 g/mol. The molecule has 3 N–H and O–H groups in total. The molecule has 178 valence electrons. The van der Waals surface area contributed by atoms with E-state index in [2.05, 4.69) is 22.5 Å². The molecule has 2 atom stereocenters. The number of alkyl carbamates (subject to hydrolysis) is 1. The third kappa shape index (κ3) is 6.12. The molecule has 0 saturated carbocycles. The van der Waals surface area contributed by atoms with Crippen LogP contribution in [-0.2, 0) is 14.3 Å². The van der Waals surface area contributed by atoms with E-state index in [1.165, 1.54) is 11.8 Å². The van der Waals surface area contributed by atoms with E-state index >= 15 is 0 Å². The Kier molecular flexibility index (Phi) is 9.00. The third-order valence-corrected chi connectivity index (χ3v) is 6.30. The molecule has 0 radical (unpaired) electrons. The minimum Gasteiger partial charge on any atom is -0.480 e. The van der Waals surface area contributed by atoms with Crippen molar-refractivity contribution in [3.05, 3.63) is 59.7 Å². The number of carbonyl (C=O) groups is 3. The average molecular weight is 481 g/mol. The highest BCUT2D eigenvalue weighted by Gasteiger charge is 2.30. The summed E-state index contributed by atoms with van der Waals surface area (Å²) in [6.07, 6.45) is 1.43. The third-order valence-electron chi connectivity index (χ3n) is 5.66. The van der Waals surface area contributed by atoms with Gasteiger partial charge < -0.3 is 20.5 Å². The molecule has 2 unspecified atom stereocenters. The van der Waals surface area contributed by atoms with Crippen LogP contribution in [0.3, 0.4) is 0 Å². The molecular weight excluding hydrogens is 452 g/mol. The number of carboxylic acid groups (broad SMARTS) is 1. The number of amides is 2. The van der Waals surface area contributed by atoms with Crippen LogP contribution in [-0.4, -0.2) is 53.8 Å². The highest BCUT2D eigenvalue weighted by Crippen LogP contribution is 2.44. The van der Waals surface area contributed by atoms with Gasteiger partial charge in [0, 0.05) is 12.3 Å². The Hall–Kier alpha value is -3.44. The summed E-state index contributed by atoms with van der Waals surface area (Å²) >= 11 is 1.49. The standard InChI is InChI=1S/C26H28N2O5S/c1-3-4-13-22(24(29)27-23(25(30)31)14-15-34-2)28-26(32)33-16-21-19-11-7-5-9-17(19)18-10-6-8-12-20(18)21/h5-12,21-23H,13-16H2,1-2H3,(H,27,29)(H,28,32)(H,30,31). The van der Waals surface area contributed by atoms with Crippen molar-refractivity contribution in [1.29, 1.82) is 0 Å². The molecule has 7 nitrogen and oxygen atoms in total. The number of hydrogen-bond acceptors (Lipinski definition) is 5. The topological polar surface area (TPSA) is 105 Å². The maximum absolute atomic E-state index is 12.7. The van der Waals surface area contributed by atoms with Gasteiger partial charge in [-0.25, -0.2) is 9.59 Å². The molecule has 34 heavy (non-hydrogen) atoms. The maximum Gasteiger partial charge on any atom is 0.407 e. The maximum atomic E-state index is 12.7. The lowest BCUT2D eigenvalue weighted by molar-refractivity contribution is -0.142. The van der Waals surface area contributed by atoms with Crippen molar-refractivity contribution >= 4 is 29.7 Å². The van der Waals surface area contributed by atoms with Crippen LogP contribution in [0, 0.1) is 11.8 Å². The predicted octanol–water partition coefficient (Wildman–Crippen LogP) is 3.63. The first kappa shape index (κ1) is 25.2. The number of thioether (sulfide) groups is 1. The summed E-state index contributed by atoms with van der Waals surface area (Å²) in [4.78, 5) is 36.8. The first-order valence-corrected chi connectivity index (χ1v) is 12.4. The summed E-state index contributed by atoms with van der Waals surface area (Å²) in [6, 6.07) is 13.9. The lowest BCUT2D eigenvalue weighted by Crippen LogP contribution is -2.51. The van der Waals surface area contributed by atoms with Crippen LogP contribution >= 0.6 is 11.8 Å². The number of ether oxygens (including phenoxy) is 1. The zero-order chi connectivity index (χ0) is 24.5. The molecule has 0 spiro atoms. The van der Waals surface area contributed by atoms with Crippen LogP contribution < -0.4 is 10.6 Å². The number of fused-ring (bicyclic) bond motifs is 3.